The molecule has 0 aliphatic heterocycles. The maximum atomic E-state index is 12.4. The van der Waals surface area contributed by atoms with Gasteiger partial charge in [-0.15, -0.1) is 11.3 Å². The molecule has 0 aliphatic rings. The SMILES string of the molecule is O=C(/C=C/c1cccc([N+](=O)[O-])c1)Nc1ccccc1-c1nc(-c2cccs2)no1. The summed E-state index contributed by atoms with van der Waals surface area (Å²) in [6.45, 7) is 0. The number of anilines is 1. The number of nitro benzene ring substituents is 1. The van der Waals surface area contributed by atoms with Gasteiger partial charge < -0.3 is 9.84 Å². The molecule has 1 amide bonds. The number of hydrogen-bond donors (Lipinski definition) is 1. The molecule has 0 radical (unpaired) electrons. The van der Waals surface area contributed by atoms with E-state index in [0.29, 0.717) is 22.6 Å². The van der Waals surface area contributed by atoms with Crippen LogP contribution in [0.1, 0.15) is 5.56 Å². The lowest BCUT2D eigenvalue weighted by Crippen LogP contribution is -2.08. The van der Waals surface area contributed by atoms with Gasteiger partial charge in [0.2, 0.25) is 11.7 Å². The average Bonchev–Trinajstić information content (AvgIpc) is 3.45. The van der Waals surface area contributed by atoms with E-state index >= 15 is 0 Å². The first kappa shape index (κ1) is 19.2. The van der Waals surface area contributed by atoms with Crippen molar-refractivity contribution >= 4 is 34.7 Å². The van der Waals surface area contributed by atoms with Crippen LogP contribution in [0.4, 0.5) is 11.4 Å². The lowest BCUT2D eigenvalue weighted by atomic mass is 10.1. The summed E-state index contributed by atoms with van der Waals surface area (Å²) in [5.74, 6) is 0.371. The lowest BCUT2D eigenvalue weighted by Gasteiger charge is -2.06. The highest BCUT2D eigenvalue weighted by molar-refractivity contribution is 7.13. The highest BCUT2D eigenvalue weighted by Crippen LogP contribution is 2.29. The van der Waals surface area contributed by atoms with E-state index in [1.54, 1.807) is 36.4 Å². The predicted molar refractivity (Wildman–Crippen MR) is 114 cm³/mol. The highest BCUT2D eigenvalue weighted by Gasteiger charge is 2.15. The van der Waals surface area contributed by atoms with Crippen LogP contribution in [-0.2, 0) is 4.79 Å². The van der Waals surface area contributed by atoms with Crippen molar-refractivity contribution < 1.29 is 14.2 Å². The van der Waals surface area contributed by atoms with Crippen LogP contribution in [0.5, 0.6) is 0 Å². The number of nitrogens with one attached hydrogen (secondary N) is 1. The fourth-order valence-electron chi connectivity index (χ4n) is 2.71. The molecule has 4 rings (SSSR count). The van der Waals surface area contributed by atoms with E-state index < -0.39 is 10.8 Å². The van der Waals surface area contributed by atoms with E-state index in [2.05, 4.69) is 15.5 Å². The smallest absolute Gasteiger partial charge is 0.270 e. The van der Waals surface area contributed by atoms with E-state index in [1.165, 1.54) is 35.6 Å². The molecule has 0 bridgehead atoms. The van der Waals surface area contributed by atoms with Gasteiger partial charge in [0.25, 0.3) is 11.6 Å². The Balaban J connectivity index is 1.52. The summed E-state index contributed by atoms with van der Waals surface area (Å²) in [5.41, 5.74) is 1.60. The second-order valence-corrected chi connectivity index (χ2v) is 7.07. The van der Waals surface area contributed by atoms with Crippen LogP contribution in [-0.4, -0.2) is 21.0 Å². The summed E-state index contributed by atoms with van der Waals surface area (Å²) < 4.78 is 5.37. The van der Waals surface area contributed by atoms with Crippen molar-refractivity contribution in [2.45, 2.75) is 0 Å². The molecule has 0 saturated carbocycles. The van der Waals surface area contributed by atoms with Gasteiger partial charge in [-0.1, -0.05) is 35.5 Å². The molecule has 0 saturated heterocycles. The van der Waals surface area contributed by atoms with Crippen molar-refractivity contribution in [3.63, 3.8) is 0 Å². The predicted octanol–water partition coefficient (Wildman–Crippen LogP) is 5.03. The summed E-state index contributed by atoms with van der Waals surface area (Å²) >= 11 is 1.50. The van der Waals surface area contributed by atoms with Crippen molar-refractivity contribution in [3.8, 4) is 22.2 Å². The van der Waals surface area contributed by atoms with Gasteiger partial charge in [-0.3, -0.25) is 14.9 Å². The fraction of sp³-hybridized carbons (Fsp3) is 0. The van der Waals surface area contributed by atoms with E-state index in [4.69, 9.17) is 4.52 Å². The Morgan fingerprint density at radius 3 is 2.80 bits per heavy atom. The molecule has 2 aromatic heterocycles. The monoisotopic (exact) mass is 418 g/mol. The maximum Gasteiger partial charge on any atom is 0.270 e. The molecule has 0 unspecified atom stereocenters. The molecular weight excluding hydrogens is 404 g/mol. The van der Waals surface area contributed by atoms with Gasteiger partial charge in [0, 0.05) is 18.2 Å². The highest BCUT2D eigenvalue weighted by atomic mass is 32.1. The van der Waals surface area contributed by atoms with Gasteiger partial charge in [0.05, 0.1) is 21.1 Å². The van der Waals surface area contributed by atoms with Gasteiger partial charge in [0.15, 0.2) is 0 Å². The number of aromatic nitrogens is 2. The van der Waals surface area contributed by atoms with Crippen LogP contribution >= 0.6 is 11.3 Å². The molecule has 8 nitrogen and oxygen atoms in total. The minimum atomic E-state index is -0.484. The second-order valence-electron chi connectivity index (χ2n) is 6.12. The largest absolute Gasteiger partial charge is 0.334 e. The molecule has 0 aliphatic carbocycles. The van der Waals surface area contributed by atoms with Crippen molar-refractivity contribution in [2.24, 2.45) is 0 Å². The molecule has 2 heterocycles. The standard InChI is InChI=1S/C21H14N4O4S/c26-19(11-10-14-5-3-6-15(13-14)25(27)28)22-17-8-2-1-7-16(17)21-23-20(24-29-21)18-9-4-12-30-18/h1-13H,(H,22,26)/b11-10+. The summed E-state index contributed by atoms with van der Waals surface area (Å²) in [6, 6.07) is 16.9. The third-order valence-corrected chi connectivity index (χ3v) is 4.96. The van der Waals surface area contributed by atoms with E-state index in [0.717, 1.165) is 4.88 Å². The van der Waals surface area contributed by atoms with Crippen LogP contribution < -0.4 is 5.32 Å². The van der Waals surface area contributed by atoms with Gasteiger partial charge >= 0.3 is 0 Å². The number of nitrogens with zero attached hydrogens (tertiary/aromatic N) is 3. The Bertz CT molecular complexity index is 1230. The van der Waals surface area contributed by atoms with Crippen LogP contribution in [0.2, 0.25) is 0 Å². The van der Waals surface area contributed by atoms with Gasteiger partial charge in [-0.05, 0) is 35.2 Å². The number of nitro groups is 1. The first-order valence-corrected chi connectivity index (χ1v) is 9.68. The minimum Gasteiger partial charge on any atom is -0.334 e. The zero-order valence-corrected chi connectivity index (χ0v) is 16.2. The van der Waals surface area contributed by atoms with E-state index in [1.807, 2.05) is 17.5 Å². The van der Waals surface area contributed by atoms with Crippen molar-refractivity contribution in [1.29, 1.82) is 0 Å². The summed E-state index contributed by atoms with van der Waals surface area (Å²) in [6.07, 6.45) is 2.81. The van der Waals surface area contributed by atoms with Gasteiger partial charge in [0.1, 0.15) is 0 Å². The number of carbonyl (C=O) groups excluding carboxylic acids is 1. The summed E-state index contributed by atoms with van der Waals surface area (Å²) in [7, 11) is 0. The first-order valence-electron chi connectivity index (χ1n) is 8.80. The molecule has 4 aromatic rings. The minimum absolute atomic E-state index is 0.0409. The van der Waals surface area contributed by atoms with Crippen molar-refractivity contribution in [3.05, 3.63) is 87.8 Å². The average molecular weight is 418 g/mol. The molecule has 1 N–H and O–H groups in total. The molecule has 0 spiro atoms. The molecule has 148 valence electrons. The van der Waals surface area contributed by atoms with Crippen LogP contribution in [0.15, 0.2) is 76.6 Å². The first-order chi connectivity index (χ1) is 14.6. The Morgan fingerprint density at radius 1 is 1.13 bits per heavy atom. The Kier molecular flexibility index (Phi) is 5.44. The number of thiophene rings is 1. The second kappa shape index (κ2) is 8.50. The number of amides is 1. The van der Waals surface area contributed by atoms with Crippen LogP contribution in [0, 0.1) is 10.1 Å². The molecule has 2 aromatic carbocycles. The van der Waals surface area contributed by atoms with Crippen molar-refractivity contribution in [2.75, 3.05) is 5.32 Å². The van der Waals surface area contributed by atoms with Crippen LogP contribution in [0.3, 0.4) is 0 Å². The van der Waals surface area contributed by atoms with E-state index in [-0.39, 0.29) is 11.6 Å². The van der Waals surface area contributed by atoms with Crippen molar-refractivity contribution in [1.82, 2.24) is 10.1 Å². The maximum absolute atomic E-state index is 12.4. The number of hydrogen-bond acceptors (Lipinski definition) is 7. The number of rotatable bonds is 6. The fourth-order valence-corrected chi connectivity index (χ4v) is 3.35. The third-order valence-electron chi connectivity index (χ3n) is 4.09. The number of non-ortho nitro benzene ring substituents is 1. The Morgan fingerprint density at radius 2 is 2.00 bits per heavy atom. The number of benzene rings is 2. The normalized spacial score (nSPS) is 10.9. The zero-order chi connectivity index (χ0) is 20.9. The van der Waals surface area contributed by atoms with E-state index in [9.17, 15) is 14.9 Å². The number of carbonyl (C=O) groups is 1. The topological polar surface area (TPSA) is 111 Å². The number of para-hydroxylation sites is 1. The van der Waals surface area contributed by atoms with Gasteiger partial charge in [-0.2, -0.15) is 4.98 Å². The molecule has 30 heavy (non-hydrogen) atoms. The summed E-state index contributed by atoms with van der Waals surface area (Å²) in [4.78, 5) is 28.1. The Labute approximate surface area is 174 Å². The van der Waals surface area contributed by atoms with Crippen LogP contribution in [0.25, 0.3) is 28.2 Å². The third kappa shape index (κ3) is 4.31. The molecule has 0 fully saturated rings. The quantitative estimate of drug-likeness (QED) is 0.267. The zero-order valence-electron chi connectivity index (χ0n) is 15.4. The summed E-state index contributed by atoms with van der Waals surface area (Å²) in [5, 5.41) is 19.6. The molecular formula is C21H14N4O4S. The molecule has 9 heteroatoms. The molecule has 0 atom stereocenters. The van der Waals surface area contributed by atoms with Gasteiger partial charge in [-0.25, -0.2) is 0 Å². The Hall–Kier alpha value is -4.11. The lowest BCUT2D eigenvalue weighted by molar-refractivity contribution is -0.384.